The fourth-order valence-electron chi connectivity index (χ4n) is 3.76. The molecule has 8 heteroatoms. The second-order valence-electron chi connectivity index (χ2n) is 7.74. The van der Waals surface area contributed by atoms with Gasteiger partial charge in [-0.05, 0) is 37.0 Å². The lowest BCUT2D eigenvalue weighted by atomic mass is 9.96. The van der Waals surface area contributed by atoms with Crippen LogP contribution in [0.5, 0.6) is 5.75 Å². The Kier molecular flexibility index (Phi) is 6.75. The minimum Gasteiger partial charge on any atom is -0.495 e. The van der Waals surface area contributed by atoms with Crippen molar-refractivity contribution in [2.45, 2.75) is 12.8 Å². The van der Waals surface area contributed by atoms with Crippen molar-refractivity contribution in [3.8, 4) is 17.0 Å². The van der Waals surface area contributed by atoms with Crippen molar-refractivity contribution < 1.29 is 18.8 Å². The molecule has 4 rings (SSSR count). The smallest absolute Gasteiger partial charge is 0.292 e. The van der Waals surface area contributed by atoms with Crippen LogP contribution in [0.25, 0.3) is 11.3 Å². The molecule has 0 saturated carbocycles. The number of likely N-dealkylation sites (tertiary alicyclic amines) is 1. The number of nitrogens with one attached hydrogen (secondary N) is 1. The van der Waals surface area contributed by atoms with E-state index >= 15 is 0 Å². The summed E-state index contributed by atoms with van der Waals surface area (Å²) >= 11 is 6.02. The highest BCUT2D eigenvalue weighted by molar-refractivity contribution is 6.32. The van der Waals surface area contributed by atoms with Gasteiger partial charge in [-0.3, -0.25) is 9.59 Å². The molecule has 1 fully saturated rings. The topological polar surface area (TPSA) is 84.7 Å². The average Bonchev–Trinajstić information content (AvgIpc) is 3.34. The van der Waals surface area contributed by atoms with Crippen LogP contribution in [0.15, 0.2) is 59.1 Å². The van der Waals surface area contributed by atoms with E-state index in [1.54, 1.807) is 29.2 Å². The van der Waals surface area contributed by atoms with Crippen LogP contribution in [-0.2, 0) is 0 Å². The first-order valence-corrected chi connectivity index (χ1v) is 10.9. The van der Waals surface area contributed by atoms with Gasteiger partial charge in [-0.25, -0.2) is 0 Å². The van der Waals surface area contributed by atoms with Crippen molar-refractivity contribution in [3.05, 3.63) is 70.9 Å². The number of piperidine rings is 1. The molecule has 1 N–H and O–H groups in total. The average molecular weight is 454 g/mol. The maximum atomic E-state index is 12.8. The number of rotatable bonds is 6. The molecule has 166 valence electrons. The van der Waals surface area contributed by atoms with Crippen LogP contribution in [0.2, 0.25) is 5.02 Å². The largest absolute Gasteiger partial charge is 0.495 e. The van der Waals surface area contributed by atoms with Gasteiger partial charge < -0.3 is 19.5 Å². The standard InChI is InChI=1S/C24H24ClN3O4/c1-31-21-13-18(7-8-19(21)25)23(29)26-15-16-9-11-28(12-10-16)24(30)22-14-20(27-32-22)17-5-3-2-4-6-17/h2-8,13-14,16H,9-12,15H2,1H3,(H,26,29). The molecule has 0 atom stereocenters. The zero-order chi connectivity index (χ0) is 22.5. The van der Waals surface area contributed by atoms with E-state index in [-0.39, 0.29) is 17.6 Å². The lowest BCUT2D eigenvalue weighted by molar-refractivity contribution is 0.0644. The van der Waals surface area contributed by atoms with Gasteiger partial charge >= 0.3 is 0 Å². The Hall–Kier alpha value is -3.32. The Morgan fingerprint density at radius 1 is 1.16 bits per heavy atom. The maximum absolute atomic E-state index is 12.8. The predicted octanol–water partition coefficient (Wildman–Crippen LogP) is 4.29. The van der Waals surface area contributed by atoms with Crippen LogP contribution in [0, 0.1) is 5.92 Å². The summed E-state index contributed by atoms with van der Waals surface area (Å²) in [6.45, 7) is 1.76. The highest BCUT2D eigenvalue weighted by Crippen LogP contribution is 2.25. The minimum atomic E-state index is -0.173. The van der Waals surface area contributed by atoms with Crippen LogP contribution >= 0.6 is 11.6 Å². The van der Waals surface area contributed by atoms with E-state index in [0.717, 1.165) is 18.4 Å². The molecule has 2 aromatic carbocycles. The van der Waals surface area contributed by atoms with Gasteiger partial charge in [-0.15, -0.1) is 0 Å². The fourth-order valence-corrected chi connectivity index (χ4v) is 3.95. The number of benzene rings is 2. The fraction of sp³-hybridized carbons (Fsp3) is 0.292. The van der Waals surface area contributed by atoms with E-state index in [1.165, 1.54) is 7.11 Å². The lowest BCUT2D eigenvalue weighted by Crippen LogP contribution is -2.41. The van der Waals surface area contributed by atoms with Crippen LogP contribution < -0.4 is 10.1 Å². The second-order valence-corrected chi connectivity index (χ2v) is 8.14. The number of nitrogens with zero attached hydrogens (tertiary/aromatic N) is 2. The monoisotopic (exact) mass is 453 g/mol. The Bertz CT molecular complexity index is 1090. The number of carbonyl (C=O) groups excluding carboxylic acids is 2. The van der Waals surface area contributed by atoms with E-state index in [1.807, 2.05) is 30.3 Å². The van der Waals surface area contributed by atoms with Gasteiger partial charge in [0.05, 0.1) is 12.1 Å². The van der Waals surface area contributed by atoms with Crippen LogP contribution in [0.1, 0.15) is 33.8 Å². The minimum absolute atomic E-state index is 0.157. The van der Waals surface area contributed by atoms with Crippen molar-refractivity contribution in [2.75, 3.05) is 26.7 Å². The first-order valence-electron chi connectivity index (χ1n) is 10.5. The van der Waals surface area contributed by atoms with Crippen LogP contribution in [0.3, 0.4) is 0 Å². The third-order valence-corrected chi connectivity index (χ3v) is 5.97. The molecule has 2 amide bonds. The third kappa shape index (κ3) is 4.94. The zero-order valence-corrected chi connectivity index (χ0v) is 18.5. The van der Waals surface area contributed by atoms with Crippen LogP contribution in [-0.4, -0.2) is 48.6 Å². The van der Waals surface area contributed by atoms with Crippen LogP contribution in [0.4, 0.5) is 0 Å². The predicted molar refractivity (Wildman–Crippen MR) is 121 cm³/mol. The summed E-state index contributed by atoms with van der Waals surface area (Å²) in [6, 6.07) is 16.2. The molecule has 3 aromatic rings. The first-order chi connectivity index (χ1) is 15.5. The molecule has 1 aromatic heterocycles. The number of amides is 2. The molecule has 1 aliphatic heterocycles. The summed E-state index contributed by atoms with van der Waals surface area (Å²) in [6.07, 6.45) is 1.60. The van der Waals surface area contributed by atoms with E-state index in [4.69, 9.17) is 20.9 Å². The molecule has 2 heterocycles. The Morgan fingerprint density at radius 2 is 1.91 bits per heavy atom. The summed E-state index contributed by atoms with van der Waals surface area (Å²) in [5.74, 6) is 0.678. The second kappa shape index (κ2) is 9.87. The van der Waals surface area contributed by atoms with Gasteiger partial charge in [-0.1, -0.05) is 47.1 Å². The molecule has 0 unspecified atom stereocenters. The van der Waals surface area contributed by atoms with Crippen molar-refractivity contribution in [2.24, 2.45) is 5.92 Å². The number of hydrogen-bond acceptors (Lipinski definition) is 5. The zero-order valence-electron chi connectivity index (χ0n) is 17.7. The van der Waals surface area contributed by atoms with Crippen molar-refractivity contribution in [3.63, 3.8) is 0 Å². The van der Waals surface area contributed by atoms with E-state index < -0.39 is 0 Å². The van der Waals surface area contributed by atoms with Gasteiger partial charge in [0.1, 0.15) is 11.4 Å². The number of ether oxygens (including phenoxy) is 1. The summed E-state index contributed by atoms with van der Waals surface area (Å²) in [5.41, 5.74) is 2.05. The van der Waals surface area contributed by atoms with E-state index in [2.05, 4.69) is 10.5 Å². The number of methoxy groups -OCH3 is 1. The quantitative estimate of drug-likeness (QED) is 0.602. The SMILES string of the molecule is COc1cc(C(=O)NCC2CCN(C(=O)c3cc(-c4ccccc4)no3)CC2)ccc1Cl. The highest BCUT2D eigenvalue weighted by atomic mass is 35.5. The van der Waals surface area contributed by atoms with Gasteiger partial charge in [0.2, 0.25) is 5.76 Å². The molecule has 0 radical (unpaired) electrons. The van der Waals surface area contributed by atoms with Crippen molar-refractivity contribution in [1.29, 1.82) is 0 Å². The molecule has 1 aliphatic rings. The molecular weight excluding hydrogens is 430 g/mol. The number of halogens is 1. The Morgan fingerprint density at radius 3 is 2.62 bits per heavy atom. The van der Waals surface area contributed by atoms with Gasteiger partial charge in [-0.2, -0.15) is 0 Å². The van der Waals surface area contributed by atoms with Gasteiger partial charge in [0.15, 0.2) is 0 Å². The molecular formula is C24H24ClN3O4. The molecule has 1 saturated heterocycles. The third-order valence-electron chi connectivity index (χ3n) is 5.66. The van der Waals surface area contributed by atoms with Crippen molar-refractivity contribution in [1.82, 2.24) is 15.4 Å². The molecule has 32 heavy (non-hydrogen) atoms. The van der Waals surface area contributed by atoms with E-state index in [0.29, 0.717) is 47.6 Å². The summed E-state index contributed by atoms with van der Waals surface area (Å²) in [7, 11) is 1.51. The molecule has 0 bridgehead atoms. The normalized spacial score (nSPS) is 14.2. The molecule has 0 aliphatic carbocycles. The highest BCUT2D eigenvalue weighted by Gasteiger charge is 2.26. The van der Waals surface area contributed by atoms with Gasteiger partial charge in [0, 0.05) is 36.8 Å². The molecule has 7 nitrogen and oxygen atoms in total. The maximum Gasteiger partial charge on any atom is 0.292 e. The lowest BCUT2D eigenvalue weighted by Gasteiger charge is -2.31. The number of aromatic nitrogens is 1. The van der Waals surface area contributed by atoms with Crippen molar-refractivity contribution >= 4 is 23.4 Å². The van der Waals surface area contributed by atoms with E-state index in [9.17, 15) is 9.59 Å². The number of carbonyl (C=O) groups is 2. The van der Waals surface area contributed by atoms with Gasteiger partial charge in [0.25, 0.3) is 11.8 Å². The Labute approximate surface area is 191 Å². The summed E-state index contributed by atoms with van der Waals surface area (Å²) in [4.78, 5) is 27.0. The number of hydrogen-bond donors (Lipinski definition) is 1. The Balaban J connectivity index is 1.27. The summed E-state index contributed by atoms with van der Waals surface area (Å²) < 4.78 is 10.5. The first kappa shape index (κ1) is 21.9. The molecule has 0 spiro atoms. The summed E-state index contributed by atoms with van der Waals surface area (Å²) in [5, 5.41) is 7.45.